The fourth-order valence-corrected chi connectivity index (χ4v) is 4.32. The van der Waals surface area contributed by atoms with E-state index in [4.69, 9.17) is 23.2 Å². The van der Waals surface area contributed by atoms with Gasteiger partial charge in [-0.3, -0.25) is 9.59 Å². The van der Waals surface area contributed by atoms with Crippen molar-refractivity contribution in [2.45, 2.75) is 6.04 Å². The smallest absolute Gasteiger partial charge is 0.256 e. The fourth-order valence-electron chi connectivity index (χ4n) is 3.49. The molecule has 0 saturated heterocycles. The Hall–Kier alpha value is -2.34. The molecule has 1 atom stereocenters. The number of carbonyl (C=O) groups excluding carboxylic acids is 2. The molecule has 4 nitrogen and oxygen atoms in total. The van der Waals surface area contributed by atoms with Gasteiger partial charge in [0.05, 0.1) is 16.6 Å². The SMILES string of the molecule is O=C1CN(C(=O)c2ccccc2Cl)C(c2ccccc2Cl)c2cc(Br)ccc2N1. The van der Waals surface area contributed by atoms with Crippen LogP contribution < -0.4 is 5.32 Å². The largest absolute Gasteiger partial charge is 0.324 e. The van der Waals surface area contributed by atoms with Crippen LogP contribution in [0.2, 0.25) is 10.0 Å². The van der Waals surface area contributed by atoms with E-state index in [1.807, 2.05) is 36.4 Å². The Kier molecular flexibility index (Phi) is 5.63. The number of rotatable bonds is 2. The zero-order chi connectivity index (χ0) is 20.5. The van der Waals surface area contributed by atoms with Gasteiger partial charge in [0, 0.05) is 20.7 Å². The summed E-state index contributed by atoms with van der Waals surface area (Å²) in [7, 11) is 0. The summed E-state index contributed by atoms with van der Waals surface area (Å²) in [6, 6.07) is 19.1. The van der Waals surface area contributed by atoms with Crippen molar-refractivity contribution in [2.24, 2.45) is 0 Å². The molecule has 3 aromatic carbocycles. The molecule has 29 heavy (non-hydrogen) atoms. The standard InChI is InChI=1S/C22H15BrCl2N2O2/c23-13-9-10-19-16(11-13)21(14-5-1-3-7-17(14)24)27(12-20(28)26-19)22(29)15-6-2-4-8-18(15)25/h1-11,21H,12H2,(H,26,28). The molecule has 1 heterocycles. The zero-order valence-corrected chi connectivity index (χ0v) is 18.1. The summed E-state index contributed by atoms with van der Waals surface area (Å²) in [5.41, 5.74) is 2.46. The third-order valence-electron chi connectivity index (χ3n) is 4.77. The summed E-state index contributed by atoms with van der Waals surface area (Å²) in [5.74, 6) is -0.632. The maximum absolute atomic E-state index is 13.5. The number of fused-ring (bicyclic) bond motifs is 1. The van der Waals surface area contributed by atoms with Gasteiger partial charge in [0.2, 0.25) is 5.91 Å². The highest BCUT2D eigenvalue weighted by Gasteiger charge is 2.35. The Bertz CT molecular complexity index is 1120. The van der Waals surface area contributed by atoms with Crippen molar-refractivity contribution < 1.29 is 9.59 Å². The summed E-state index contributed by atoms with van der Waals surface area (Å²) in [4.78, 5) is 27.7. The molecule has 4 rings (SSSR count). The van der Waals surface area contributed by atoms with Crippen LogP contribution in [0.5, 0.6) is 0 Å². The lowest BCUT2D eigenvalue weighted by Gasteiger charge is -2.31. The van der Waals surface area contributed by atoms with Gasteiger partial charge < -0.3 is 10.2 Å². The maximum atomic E-state index is 13.5. The second-order valence-corrected chi connectivity index (χ2v) is 8.35. The van der Waals surface area contributed by atoms with E-state index in [0.717, 1.165) is 15.6 Å². The van der Waals surface area contributed by atoms with E-state index in [0.29, 0.717) is 21.3 Å². The van der Waals surface area contributed by atoms with Crippen molar-refractivity contribution in [3.63, 3.8) is 0 Å². The van der Waals surface area contributed by atoms with Gasteiger partial charge >= 0.3 is 0 Å². The van der Waals surface area contributed by atoms with Crippen LogP contribution >= 0.6 is 39.1 Å². The quantitative estimate of drug-likeness (QED) is 0.484. The predicted octanol–water partition coefficient (Wildman–Crippen LogP) is 5.94. The summed E-state index contributed by atoms with van der Waals surface area (Å²) in [5, 5.41) is 3.73. The second kappa shape index (κ2) is 8.19. The molecule has 0 spiro atoms. The van der Waals surface area contributed by atoms with Crippen molar-refractivity contribution >= 4 is 56.6 Å². The molecule has 1 aliphatic rings. The molecule has 1 N–H and O–H groups in total. The summed E-state index contributed by atoms with van der Waals surface area (Å²) >= 11 is 16.3. The van der Waals surface area contributed by atoms with Gasteiger partial charge in [-0.15, -0.1) is 0 Å². The van der Waals surface area contributed by atoms with Gasteiger partial charge in [0.15, 0.2) is 0 Å². The molecule has 7 heteroatoms. The monoisotopic (exact) mass is 488 g/mol. The van der Waals surface area contributed by atoms with Crippen LogP contribution in [0.15, 0.2) is 71.2 Å². The molecule has 1 unspecified atom stereocenters. The minimum atomic E-state index is -0.570. The van der Waals surface area contributed by atoms with Crippen molar-refractivity contribution in [1.29, 1.82) is 0 Å². The Morgan fingerprint density at radius 1 is 0.966 bits per heavy atom. The van der Waals surface area contributed by atoms with Crippen molar-refractivity contribution in [2.75, 3.05) is 11.9 Å². The molecule has 3 aromatic rings. The summed E-state index contributed by atoms with van der Waals surface area (Å²) in [6.07, 6.45) is 0. The Balaban J connectivity index is 1.94. The Labute approximate surface area is 186 Å². The highest BCUT2D eigenvalue weighted by Crippen LogP contribution is 2.40. The zero-order valence-electron chi connectivity index (χ0n) is 15.0. The first-order valence-corrected chi connectivity index (χ1v) is 10.4. The number of nitrogens with zero attached hydrogens (tertiary/aromatic N) is 1. The first-order chi connectivity index (χ1) is 14.0. The first-order valence-electron chi connectivity index (χ1n) is 8.85. The van der Waals surface area contributed by atoms with E-state index in [-0.39, 0.29) is 18.4 Å². The third kappa shape index (κ3) is 3.90. The van der Waals surface area contributed by atoms with E-state index >= 15 is 0 Å². The predicted molar refractivity (Wildman–Crippen MR) is 119 cm³/mol. The number of anilines is 1. The van der Waals surface area contributed by atoms with Gasteiger partial charge in [-0.2, -0.15) is 0 Å². The number of nitrogens with one attached hydrogen (secondary N) is 1. The molecule has 146 valence electrons. The molecule has 0 saturated carbocycles. The average molecular weight is 490 g/mol. The fraction of sp³-hybridized carbons (Fsp3) is 0.0909. The number of halogens is 3. The van der Waals surface area contributed by atoms with Crippen molar-refractivity contribution in [3.05, 3.63) is 97.9 Å². The normalized spacial score (nSPS) is 16.0. The number of amides is 2. The van der Waals surface area contributed by atoms with E-state index in [1.54, 1.807) is 30.3 Å². The van der Waals surface area contributed by atoms with Crippen LogP contribution in [-0.4, -0.2) is 23.3 Å². The van der Waals surface area contributed by atoms with E-state index in [2.05, 4.69) is 21.2 Å². The van der Waals surface area contributed by atoms with Gasteiger partial charge in [-0.25, -0.2) is 0 Å². The summed E-state index contributed by atoms with van der Waals surface area (Å²) in [6.45, 7) is -0.133. The molecule has 0 fully saturated rings. The molecule has 0 radical (unpaired) electrons. The summed E-state index contributed by atoms with van der Waals surface area (Å²) < 4.78 is 0.828. The number of hydrogen-bond acceptors (Lipinski definition) is 2. The van der Waals surface area contributed by atoms with E-state index < -0.39 is 6.04 Å². The lowest BCUT2D eigenvalue weighted by atomic mass is 9.95. The van der Waals surface area contributed by atoms with Crippen LogP contribution in [0.1, 0.15) is 27.5 Å². The molecular weight excluding hydrogens is 475 g/mol. The topological polar surface area (TPSA) is 49.4 Å². The maximum Gasteiger partial charge on any atom is 0.256 e. The molecule has 0 bridgehead atoms. The first kappa shape index (κ1) is 20.0. The van der Waals surface area contributed by atoms with Gasteiger partial charge in [-0.1, -0.05) is 69.5 Å². The molecule has 0 aromatic heterocycles. The highest BCUT2D eigenvalue weighted by molar-refractivity contribution is 9.10. The average Bonchev–Trinajstić information content (AvgIpc) is 2.84. The lowest BCUT2D eigenvalue weighted by molar-refractivity contribution is -0.117. The minimum Gasteiger partial charge on any atom is -0.324 e. The van der Waals surface area contributed by atoms with Crippen LogP contribution in [0.4, 0.5) is 5.69 Å². The van der Waals surface area contributed by atoms with Crippen LogP contribution in [0.3, 0.4) is 0 Å². The number of carbonyl (C=O) groups is 2. The number of hydrogen-bond donors (Lipinski definition) is 1. The lowest BCUT2D eigenvalue weighted by Crippen LogP contribution is -2.39. The van der Waals surface area contributed by atoms with E-state index in [9.17, 15) is 9.59 Å². The van der Waals surface area contributed by atoms with Gasteiger partial charge in [0.25, 0.3) is 5.91 Å². The van der Waals surface area contributed by atoms with Crippen molar-refractivity contribution in [1.82, 2.24) is 4.90 Å². The Morgan fingerprint density at radius 3 is 2.38 bits per heavy atom. The van der Waals surface area contributed by atoms with Crippen molar-refractivity contribution in [3.8, 4) is 0 Å². The van der Waals surface area contributed by atoms with E-state index in [1.165, 1.54) is 4.90 Å². The Morgan fingerprint density at radius 2 is 1.66 bits per heavy atom. The van der Waals surface area contributed by atoms with Crippen LogP contribution in [0, 0.1) is 0 Å². The van der Waals surface area contributed by atoms with Crippen LogP contribution in [-0.2, 0) is 4.79 Å². The molecule has 0 aliphatic carbocycles. The molecule has 1 aliphatic heterocycles. The third-order valence-corrected chi connectivity index (χ3v) is 5.94. The minimum absolute atomic E-state index is 0.133. The van der Waals surface area contributed by atoms with Gasteiger partial charge in [-0.05, 0) is 42.0 Å². The molecule has 2 amide bonds. The molecular formula is C22H15BrCl2N2O2. The van der Waals surface area contributed by atoms with Crippen LogP contribution in [0.25, 0.3) is 0 Å². The highest BCUT2D eigenvalue weighted by atomic mass is 79.9. The van der Waals surface area contributed by atoms with Gasteiger partial charge in [0.1, 0.15) is 6.54 Å². The second-order valence-electron chi connectivity index (χ2n) is 6.62. The number of benzene rings is 3.